The minimum Gasteiger partial charge on any atom is -0.476 e. The summed E-state index contributed by atoms with van der Waals surface area (Å²) in [4.78, 5) is 18.0. The summed E-state index contributed by atoms with van der Waals surface area (Å²) in [5.74, 6) is -1.17. The number of nitriles is 1. The fourth-order valence-electron chi connectivity index (χ4n) is 1.34. The summed E-state index contributed by atoms with van der Waals surface area (Å²) in [6.45, 7) is -0.125. The summed E-state index contributed by atoms with van der Waals surface area (Å²) in [5.41, 5.74) is -0.0192. The standard InChI is InChI=1S/C11H8N4O4S2/c12-3-7-1-2-8(4-13-7)21(18,19)14-5-10-15-9(6-20-10)11(16)17/h1-2,4,6,14H,5H2,(H,16,17). The minimum absolute atomic E-state index is 0.0866. The van der Waals surface area contributed by atoms with Gasteiger partial charge in [0.2, 0.25) is 10.0 Å². The molecule has 0 aliphatic rings. The van der Waals surface area contributed by atoms with Crippen LogP contribution in [0.2, 0.25) is 0 Å². The van der Waals surface area contributed by atoms with Gasteiger partial charge in [0, 0.05) is 11.6 Å². The van der Waals surface area contributed by atoms with Crippen molar-refractivity contribution in [1.29, 1.82) is 5.26 Å². The average molecular weight is 324 g/mol. The Labute approximate surface area is 123 Å². The van der Waals surface area contributed by atoms with Crippen molar-refractivity contribution in [3.8, 4) is 6.07 Å². The summed E-state index contributed by atoms with van der Waals surface area (Å²) in [7, 11) is -3.80. The van der Waals surface area contributed by atoms with Crippen molar-refractivity contribution in [1.82, 2.24) is 14.7 Å². The summed E-state index contributed by atoms with van der Waals surface area (Å²) in [6.07, 6.45) is 1.07. The second-order valence-electron chi connectivity index (χ2n) is 3.75. The zero-order valence-corrected chi connectivity index (χ0v) is 12.0. The van der Waals surface area contributed by atoms with Crippen LogP contribution in [0, 0.1) is 11.3 Å². The van der Waals surface area contributed by atoms with Crippen molar-refractivity contribution in [3.05, 3.63) is 40.1 Å². The molecule has 2 rings (SSSR count). The van der Waals surface area contributed by atoms with Gasteiger partial charge in [-0.1, -0.05) is 0 Å². The molecule has 0 atom stereocenters. The van der Waals surface area contributed by atoms with Crippen LogP contribution < -0.4 is 4.72 Å². The maximum Gasteiger partial charge on any atom is 0.355 e. The second kappa shape index (κ2) is 5.96. The fraction of sp³-hybridized carbons (Fsp3) is 0.0909. The van der Waals surface area contributed by atoms with Gasteiger partial charge in [-0.3, -0.25) is 0 Å². The Morgan fingerprint density at radius 3 is 2.76 bits per heavy atom. The van der Waals surface area contributed by atoms with E-state index in [4.69, 9.17) is 10.4 Å². The molecule has 0 aliphatic heterocycles. The first kappa shape index (κ1) is 15.0. The van der Waals surface area contributed by atoms with Crippen molar-refractivity contribution in [2.75, 3.05) is 0 Å². The maximum atomic E-state index is 12.0. The molecule has 2 heterocycles. The molecule has 0 aliphatic carbocycles. The highest BCUT2D eigenvalue weighted by Gasteiger charge is 2.16. The Morgan fingerprint density at radius 1 is 1.48 bits per heavy atom. The first-order chi connectivity index (χ1) is 9.92. The number of carboxylic acid groups (broad SMARTS) is 1. The lowest BCUT2D eigenvalue weighted by molar-refractivity contribution is 0.0691. The zero-order chi connectivity index (χ0) is 15.5. The van der Waals surface area contributed by atoms with Crippen molar-refractivity contribution in [2.24, 2.45) is 0 Å². The van der Waals surface area contributed by atoms with Gasteiger partial charge in [-0.25, -0.2) is 27.9 Å². The molecule has 108 valence electrons. The quantitative estimate of drug-likeness (QED) is 0.822. The SMILES string of the molecule is N#Cc1ccc(S(=O)(=O)NCc2nc(C(=O)O)cs2)cn1. The first-order valence-electron chi connectivity index (χ1n) is 5.46. The number of hydrogen-bond donors (Lipinski definition) is 2. The van der Waals surface area contributed by atoms with Crippen LogP contribution in [-0.4, -0.2) is 29.5 Å². The first-order valence-corrected chi connectivity index (χ1v) is 7.82. The monoisotopic (exact) mass is 324 g/mol. The van der Waals surface area contributed by atoms with E-state index >= 15 is 0 Å². The molecule has 2 aromatic heterocycles. The molecule has 0 amide bonds. The van der Waals surface area contributed by atoms with E-state index in [1.165, 1.54) is 17.5 Å². The average Bonchev–Trinajstić information content (AvgIpc) is 2.94. The van der Waals surface area contributed by atoms with Crippen LogP contribution in [0.4, 0.5) is 0 Å². The molecule has 0 radical (unpaired) electrons. The van der Waals surface area contributed by atoms with Gasteiger partial charge >= 0.3 is 5.97 Å². The van der Waals surface area contributed by atoms with E-state index in [2.05, 4.69) is 14.7 Å². The highest BCUT2D eigenvalue weighted by Crippen LogP contribution is 2.12. The van der Waals surface area contributed by atoms with E-state index in [1.807, 2.05) is 0 Å². The molecule has 0 unspecified atom stereocenters. The maximum absolute atomic E-state index is 12.0. The molecule has 0 saturated heterocycles. The predicted octanol–water partition coefficient (Wildman–Crippen LogP) is 0.586. The Morgan fingerprint density at radius 2 is 2.24 bits per heavy atom. The normalized spacial score (nSPS) is 11.0. The number of carboxylic acids is 1. The van der Waals surface area contributed by atoms with Crippen LogP contribution in [0.1, 0.15) is 21.2 Å². The van der Waals surface area contributed by atoms with Crippen molar-refractivity contribution < 1.29 is 18.3 Å². The molecule has 21 heavy (non-hydrogen) atoms. The largest absolute Gasteiger partial charge is 0.476 e. The lowest BCUT2D eigenvalue weighted by atomic mass is 10.4. The number of nitrogens with one attached hydrogen (secondary N) is 1. The van der Waals surface area contributed by atoms with E-state index in [-0.39, 0.29) is 22.8 Å². The molecular weight excluding hydrogens is 316 g/mol. The Hall–Kier alpha value is -2.35. The van der Waals surface area contributed by atoms with E-state index in [0.29, 0.717) is 5.01 Å². The second-order valence-corrected chi connectivity index (χ2v) is 6.46. The van der Waals surface area contributed by atoms with Gasteiger partial charge in [-0.15, -0.1) is 11.3 Å². The fourth-order valence-corrected chi connectivity index (χ4v) is 3.07. The third kappa shape index (κ3) is 3.60. The molecule has 0 saturated carbocycles. The predicted molar refractivity (Wildman–Crippen MR) is 72.1 cm³/mol. The van der Waals surface area contributed by atoms with Gasteiger partial charge in [-0.05, 0) is 12.1 Å². The van der Waals surface area contributed by atoms with Gasteiger partial charge in [0.05, 0.1) is 6.54 Å². The van der Waals surface area contributed by atoms with Crippen LogP contribution >= 0.6 is 11.3 Å². The number of carbonyl (C=O) groups is 1. The van der Waals surface area contributed by atoms with Gasteiger partial charge in [0.25, 0.3) is 0 Å². The van der Waals surface area contributed by atoms with Gasteiger partial charge in [0.15, 0.2) is 5.69 Å². The lowest BCUT2D eigenvalue weighted by Gasteiger charge is -2.04. The van der Waals surface area contributed by atoms with Crippen LogP contribution in [0.5, 0.6) is 0 Å². The number of sulfonamides is 1. The van der Waals surface area contributed by atoms with Crippen molar-refractivity contribution >= 4 is 27.3 Å². The molecule has 2 N–H and O–H groups in total. The lowest BCUT2D eigenvalue weighted by Crippen LogP contribution is -2.23. The number of hydrogen-bond acceptors (Lipinski definition) is 7. The molecule has 0 fully saturated rings. The smallest absolute Gasteiger partial charge is 0.355 e. The van der Waals surface area contributed by atoms with Crippen LogP contribution in [0.25, 0.3) is 0 Å². The minimum atomic E-state index is -3.80. The summed E-state index contributed by atoms with van der Waals surface area (Å²) in [5, 5.41) is 19.0. The highest BCUT2D eigenvalue weighted by atomic mass is 32.2. The third-order valence-electron chi connectivity index (χ3n) is 2.35. The molecule has 10 heteroatoms. The van der Waals surface area contributed by atoms with Crippen LogP contribution in [-0.2, 0) is 16.6 Å². The zero-order valence-electron chi connectivity index (χ0n) is 10.3. The number of aromatic carboxylic acids is 1. The Bertz CT molecular complexity index is 805. The van der Waals surface area contributed by atoms with E-state index in [1.54, 1.807) is 6.07 Å². The number of pyridine rings is 1. The van der Waals surface area contributed by atoms with Crippen LogP contribution in [0.3, 0.4) is 0 Å². The summed E-state index contributed by atoms with van der Waals surface area (Å²) < 4.78 is 26.2. The molecule has 0 aromatic carbocycles. The highest BCUT2D eigenvalue weighted by molar-refractivity contribution is 7.89. The molecule has 2 aromatic rings. The van der Waals surface area contributed by atoms with Crippen molar-refractivity contribution in [2.45, 2.75) is 11.4 Å². The van der Waals surface area contributed by atoms with Gasteiger partial charge in [0.1, 0.15) is 21.7 Å². The summed E-state index contributed by atoms with van der Waals surface area (Å²) in [6, 6.07) is 4.34. The van der Waals surface area contributed by atoms with E-state index < -0.39 is 16.0 Å². The van der Waals surface area contributed by atoms with E-state index in [9.17, 15) is 13.2 Å². The Balaban J connectivity index is 2.09. The van der Waals surface area contributed by atoms with Gasteiger partial charge < -0.3 is 5.11 Å². The molecule has 0 bridgehead atoms. The van der Waals surface area contributed by atoms with Crippen molar-refractivity contribution in [3.63, 3.8) is 0 Å². The molecule has 8 nitrogen and oxygen atoms in total. The number of rotatable bonds is 5. The molecule has 0 spiro atoms. The number of thiazole rings is 1. The number of nitrogens with zero attached hydrogens (tertiary/aromatic N) is 3. The third-order valence-corrected chi connectivity index (χ3v) is 4.58. The van der Waals surface area contributed by atoms with Crippen LogP contribution in [0.15, 0.2) is 28.6 Å². The molecular formula is C11H8N4O4S2. The Kier molecular flexibility index (Phi) is 4.27. The number of aromatic nitrogens is 2. The summed E-state index contributed by atoms with van der Waals surface area (Å²) >= 11 is 1.04. The van der Waals surface area contributed by atoms with E-state index in [0.717, 1.165) is 17.5 Å². The topological polar surface area (TPSA) is 133 Å². The van der Waals surface area contributed by atoms with Gasteiger partial charge in [-0.2, -0.15) is 5.26 Å².